The average Bonchev–Trinajstić information content (AvgIpc) is 3.55. The third-order valence-corrected chi connectivity index (χ3v) is 9.62. The van der Waals surface area contributed by atoms with Crippen molar-refractivity contribution in [3.63, 3.8) is 0 Å². The number of aromatic amines is 1. The van der Waals surface area contributed by atoms with E-state index in [1.807, 2.05) is 0 Å². The zero-order valence-electron chi connectivity index (χ0n) is 20.4. The van der Waals surface area contributed by atoms with Crippen LogP contribution < -0.4 is 11.3 Å². The van der Waals surface area contributed by atoms with Crippen LogP contribution in [0.4, 0.5) is 10.3 Å². The monoisotopic (exact) mass is 668 g/mol. The number of nitrogens with two attached hydrogens (primary N) is 1. The van der Waals surface area contributed by atoms with Gasteiger partial charge in [-0.25, -0.2) is 23.9 Å². The molecule has 4 aromatic rings. The highest BCUT2D eigenvalue weighted by Gasteiger charge is 2.51. The quantitative estimate of drug-likeness (QED) is 0.170. The fraction of sp³-hybridized carbons (Fsp3) is 0.421. The Morgan fingerprint density at radius 3 is 2.88 bits per heavy atom. The molecule has 16 nitrogen and oxygen atoms in total. The molecule has 4 aromatic heterocycles. The van der Waals surface area contributed by atoms with Crippen molar-refractivity contribution >= 4 is 77.4 Å². The van der Waals surface area contributed by atoms with E-state index in [1.54, 1.807) is 10.6 Å². The molecule has 6 heterocycles. The second-order valence-electron chi connectivity index (χ2n) is 8.87. The van der Waals surface area contributed by atoms with Crippen LogP contribution in [0.3, 0.4) is 0 Å². The van der Waals surface area contributed by atoms with E-state index in [0.29, 0.717) is 16.2 Å². The van der Waals surface area contributed by atoms with Gasteiger partial charge in [0.2, 0.25) is 5.95 Å². The van der Waals surface area contributed by atoms with Crippen molar-refractivity contribution in [3.8, 4) is 0 Å². The second-order valence-corrected chi connectivity index (χ2v) is 15.0. The molecule has 1 saturated heterocycles. The second kappa shape index (κ2) is 10.9. The highest BCUT2D eigenvalue weighted by Crippen LogP contribution is 2.58. The molecule has 2 aliphatic rings. The third kappa shape index (κ3) is 5.81. The molecular weight excluding hydrogens is 649 g/mol. The first-order valence-corrected chi connectivity index (χ1v) is 17.4. The fourth-order valence-electron chi connectivity index (χ4n) is 4.45. The van der Waals surface area contributed by atoms with Crippen molar-refractivity contribution in [1.82, 2.24) is 34.1 Å². The van der Waals surface area contributed by atoms with Crippen LogP contribution >= 0.6 is 37.4 Å². The predicted molar refractivity (Wildman–Crippen MR) is 149 cm³/mol. The number of halogens is 2. The minimum Gasteiger partial charge on any atom is -0.369 e. The molecular formula is C19H20ClFN8O8P2S2. The van der Waals surface area contributed by atoms with Gasteiger partial charge in [-0.2, -0.15) is 4.98 Å². The zero-order valence-corrected chi connectivity index (χ0v) is 24.7. The van der Waals surface area contributed by atoms with Crippen molar-refractivity contribution in [2.45, 2.75) is 37.8 Å². The number of hydrogen-bond donors (Lipinski definition) is 4. The molecule has 2 aliphatic heterocycles. The van der Waals surface area contributed by atoms with Crippen molar-refractivity contribution in [3.05, 3.63) is 39.8 Å². The number of rotatable bonds is 1. The number of H-pyrrole nitrogens is 1. The van der Waals surface area contributed by atoms with Gasteiger partial charge >= 0.3 is 13.5 Å². The topological polar surface area (TPSA) is 204 Å². The summed E-state index contributed by atoms with van der Waals surface area (Å²) in [7, 11) is 0. The Bertz CT molecular complexity index is 1810. The zero-order chi connectivity index (χ0) is 29.1. The highest BCUT2D eigenvalue weighted by atomic mass is 35.5. The normalized spacial score (nSPS) is 31.6. The SMILES string of the molecule is Nc1nc2c(ncn2[C@H]2O[C@@H]3COP(O)(=S)OCCn4c(nc5cc(Cl)cnc54)COP(=O)(S)O[C@@H]2[C@H]3F)c(=O)[nH]1. The molecule has 2 bridgehead atoms. The number of pyridine rings is 1. The Labute approximate surface area is 244 Å². The van der Waals surface area contributed by atoms with Crippen LogP contribution in [0.1, 0.15) is 12.1 Å². The van der Waals surface area contributed by atoms with E-state index in [-0.39, 0.29) is 36.1 Å². The molecule has 0 radical (unpaired) electrons. The lowest BCUT2D eigenvalue weighted by Gasteiger charge is -2.24. The summed E-state index contributed by atoms with van der Waals surface area (Å²) in [4.78, 5) is 41.9. The first-order valence-electron chi connectivity index (χ1n) is 11.7. The van der Waals surface area contributed by atoms with Crippen LogP contribution in [-0.4, -0.2) is 70.5 Å². The number of fused-ring (bicyclic) bond motifs is 6. The van der Waals surface area contributed by atoms with Crippen LogP contribution in [0, 0.1) is 0 Å². The van der Waals surface area contributed by atoms with Gasteiger partial charge in [-0.1, -0.05) is 23.8 Å². The molecule has 6 rings (SSSR count). The van der Waals surface area contributed by atoms with Gasteiger partial charge in [0.25, 0.3) is 5.56 Å². The number of nitrogen functional groups attached to an aromatic ring is 1. The highest BCUT2D eigenvalue weighted by molar-refractivity contribution is 8.44. The number of thiol groups is 1. The molecule has 0 amide bonds. The fourth-order valence-corrected chi connectivity index (χ4v) is 7.10. The maximum Gasteiger partial charge on any atom is 0.387 e. The van der Waals surface area contributed by atoms with E-state index in [0.717, 1.165) is 6.33 Å². The molecule has 4 N–H and O–H groups in total. The van der Waals surface area contributed by atoms with Gasteiger partial charge < -0.3 is 29.0 Å². The molecule has 0 saturated carbocycles. The predicted octanol–water partition coefficient (Wildman–Crippen LogP) is 2.24. The number of anilines is 1. The standard InChI is InChI=1S/C19H20ClFN8O8P2S2/c20-8-3-9-15(23-4-8)28-1-2-33-38(31,40)34-5-10-12(21)14(37-39(32,41)35-6-11(28)25-9)18(36-10)29-7-24-13-16(29)26-19(22)27-17(13)30/h3-4,7,10,12,14,18H,1-2,5-6H2,(H,31,40)(H,32,41)(H3,22,26,27,30)/t10-,12+,14-,18+,38?,39?/m1/s1. The lowest BCUT2D eigenvalue weighted by atomic mass is 10.1. The molecule has 0 aliphatic carbocycles. The van der Waals surface area contributed by atoms with Gasteiger partial charge in [0, 0.05) is 12.7 Å². The maximum absolute atomic E-state index is 15.8. The van der Waals surface area contributed by atoms with Crippen molar-refractivity contribution < 1.29 is 36.7 Å². The Kier molecular flexibility index (Phi) is 7.74. The molecule has 2 unspecified atom stereocenters. The van der Waals surface area contributed by atoms with Gasteiger partial charge in [-0.3, -0.25) is 23.4 Å². The number of hydrogen-bond acceptors (Lipinski definition) is 13. The van der Waals surface area contributed by atoms with Crippen molar-refractivity contribution in [1.29, 1.82) is 0 Å². The van der Waals surface area contributed by atoms with Crippen LogP contribution in [0.2, 0.25) is 5.02 Å². The van der Waals surface area contributed by atoms with E-state index in [2.05, 4.69) is 37.2 Å². The molecule has 41 heavy (non-hydrogen) atoms. The lowest BCUT2D eigenvalue weighted by Crippen LogP contribution is -2.32. The summed E-state index contributed by atoms with van der Waals surface area (Å²) < 4.78 is 59.7. The Morgan fingerprint density at radius 2 is 2.07 bits per heavy atom. The first-order chi connectivity index (χ1) is 19.4. The largest absolute Gasteiger partial charge is 0.387 e. The van der Waals surface area contributed by atoms with Gasteiger partial charge in [0.05, 0.1) is 24.6 Å². The Hall–Kier alpha value is -2.02. The van der Waals surface area contributed by atoms with E-state index in [4.69, 9.17) is 52.0 Å². The van der Waals surface area contributed by atoms with Crippen molar-refractivity contribution in [2.24, 2.45) is 0 Å². The maximum atomic E-state index is 15.8. The van der Waals surface area contributed by atoms with Gasteiger partial charge in [-0.05, 0) is 17.9 Å². The minimum atomic E-state index is -4.32. The summed E-state index contributed by atoms with van der Waals surface area (Å²) in [5, 5.41) is 0.330. The number of alkyl halides is 1. The van der Waals surface area contributed by atoms with Crippen LogP contribution in [0.25, 0.3) is 22.3 Å². The molecule has 22 heteroatoms. The smallest absolute Gasteiger partial charge is 0.369 e. The number of imidazole rings is 2. The van der Waals surface area contributed by atoms with Crippen molar-refractivity contribution in [2.75, 3.05) is 18.9 Å². The van der Waals surface area contributed by atoms with E-state index in [9.17, 15) is 14.3 Å². The molecule has 220 valence electrons. The van der Waals surface area contributed by atoms with Crippen LogP contribution in [-0.2, 0) is 52.4 Å². The molecule has 0 aromatic carbocycles. The molecule has 1 fully saturated rings. The van der Waals surface area contributed by atoms with E-state index < -0.39 is 56.9 Å². The van der Waals surface area contributed by atoms with Gasteiger partial charge in [0.1, 0.15) is 30.2 Å². The van der Waals surface area contributed by atoms with Crippen LogP contribution in [0.5, 0.6) is 0 Å². The Morgan fingerprint density at radius 1 is 1.27 bits per heavy atom. The third-order valence-electron chi connectivity index (χ3n) is 6.20. The Balaban J connectivity index is 1.38. The summed E-state index contributed by atoms with van der Waals surface area (Å²) in [6, 6.07) is 1.56. The van der Waals surface area contributed by atoms with Gasteiger partial charge in [0.15, 0.2) is 29.2 Å². The summed E-state index contributed by atoms with van der Waals surface area (Å²) in [6.07, 6.45) is -3.89. The minimum absolute atomic E-state index is 0.0570. The lowest BCUT2D eigenvalue weighted by molar-refractivity contribution is -0.0453. The summed E-state index contributed by atoms with van der Waals surface area (Å²) >= 11 is 15.2. The molecule has 6 atom stereocenters. The van der Waals surface area contributed by atoms with E-state index in [1.165, 1.54) is 10.8 Å². The number of ether oxygens (including phenoxy) is 1. The van der Waals surface area contributed by atoms with E-state index >= 15 is 4.39 Å². The summed E-state index contributed by atoms with van der Waals surface area (Å²) in [6.45, 7) is -9.22. The van der Waals surface area contributed by atoms with Crippen LogP contribution in [0.15, 0.2) is 23.4 Å². The number of nitrogens with zero attached hydrogens (tertiary/aromatic N) is 6. The molecule has 0 spiro atoms. The average molecular weight is 669 g/mol. The van der Waals surface area contributed by atoms with Gasteiger partial charge in [-0.15, -0.1) is 0 Å². The first kappa shape index (κ1) is 29.1. The summed E-state index contributed by atoms with van der Waals surface area (Å²) in [5.74, 6) is -0.00230. The number of aromatic nitrogens is 7. The number of nitrogens with one attached hydrogen (secondary N) is 1. The summed E-state index contributed by atoms with van der Waals surface area (Å²) in [5.41, 5.74) is 5.66.